The zero-order valence-corrected chi connectivity index (χ0v) is 13.2. The minimum Gasteiger partial charge on any atom is -0.309 e. The molecule has 2 rings (SSSR count). The predicted octanol–water partition coefficient (Wildman–Crippen LogP) is 5.27. The molecule has 1 atom stereocenters. The van der Waals surface area contributed by atoms with Gasteiger partial charge in [0.2, 0.25) is 0 Å². The van der Waals surface area contributed by atoms with E-state index in [0.29, 0.717) is 13.1 Å². The van der Waals surface area contributed by atoms with Gasteiger partial charge in [0.15, 0.2) is 0 Å². The van der Waals surface area contributed by atoms with Crippen molar-refractivity contribution in [3.63, 3.8) is 0 Å². The normalized spacial score (nSPS) is 12.7. The molecule has 1 aromatic heterocycles. The van der Waals surface area contributed by atoms with Crippen LogP contribution in [-0.4, -0.2) is 7.05 Å². The maximum atomic E-state index is 13.2. The van der Waals surface area contributed by atoms with E-state index >= 15 is 0 Å². The van der Waals surface area contributed by atoms with Gasteiger partial charge in [0.25, 0.3) is 0 Å². The maximum Gasteiger partial charge on any atom is 0.137 e. The lowest BCUT2D eigenvalue weighted by Gasteiger charge is -2.16. The number of hydrogen-bond acceptors (Lipinski definition) is 2. The van der Waals surface area contributed by atoms with Crippen molar-refractivity contribution in [2.24, 2.45) is 0 Å². The molecule has 1 heterocycles. The Kier molecular flexibility index (Phi) is 4.67. The molecular formula is C12H9BrCl2FNS. The number of rotatable bonds is 3. The zero-order chi connectivity index (χ0) is 13.3. The van der Waals surface area contributed by atoms with Crippen molar-refractivity contribution in [1.82, 2.24) is 5.32 Å². The third kappa shape index (κ3) is 2.89. The van der Waals surface area contributed by atoms with Gasteiger partial charge in [0, 0.05) is 5.56 Å². The van der Waals surface area contributed by atoms with E-state index in [1.165, 1.54) is 17.4 Å². The molecule has 0 aliphatic heterocycles. The average molecular weight is 369 g/mol. The van der Waals surface area contributed by atoms with Gasteiger partial charge in [-0.1, -0.05) is 29.3 Å². The van der Waals surface area contributed by atoms with Crippen LogP contribution < -0.4 is 5.32 Å². The molecule has 0 saturated heterocycles. The molecule has 0 radical (unpaired) electrons. The highest BCUT2D eigenvalue weighted by molar-refractivity contribution is 9.10. The summed E-state index contributed by atoms with van der Waals surface area (Å²) in [5, 5.41) is 3.16. The van der Waals surface area contributed by atoms with Gasteiger partial charge in [0.1, 0.15) is 5.82 Å². The number of benzene rings is 1. The summed E-state index contributed by atoms with van der Waals surface area (Å²) in [7, 11) is 1.82. The van der Waals surface area contributed by atoms with Gasteiger partial charge in [-0.3, -0.25) is 0 Å². The van der Waals surface area contributed by atoms with Crippen molar-refractivity contribution in [2.45, 2.75) is 6.04 Å². The maximum absolute atomic E-state index is 13.2. The van der Waals surface area contributed by atoms with E-state index < -0.39 is 0 Å². The van der Waals surface area contributed by atoms with Crippen LogP contribution in [-0.2, 0) is 0 Å². The standard InChI is InChI=1S/C12H9BrCl2FNS/c1-17-11(7-5-10(14)18-12(7)15)6-2-3-9(16)8(13)4-6/h2-5,11,17H,1H3. The van der Waals surface area contributed by atoms with Gasteiger partial charge in [-0.2, -0.15) is 0 Å². The molecule has 1 unspecified atom stereocenters. The molecule has 6 heteroatoms. The lowest BCUT2D eigenvalue weighted by molar-refractivity contribution is 0.616. The van der Waals surface area contributed by atoms with Crippen molar-refractivity contribution in [2.75, 3.05) is 7.05 Å². The lowest BCUT2D eigenvalue weighted by atomic mass is 10.0. The van der Waals surface area contributed by atoms with Gasteiger partial charge >= 0.3 is 0 Å². The van der Waals surface area contributed by atoms with Gasteiger partial charge in [-0.05, 0) is 46.7 Å². The van der Waals surface area contributed by atoms with Crippen molar-refractivity contribution in [1.29, 1.82) is 0 Å². The van der Waals surface area contributed by atoms with Crippen molar-refractivity contribution in [3.8, 4) is 0 Å². The molecule has 2 aromatic rings. The fraction of sp³-hybridized carbons (Fsp3) is 0.167. The number of thiophene rings is 1. The summed E-state index contributed by atoms with van der Waals surface area (Å²) >= 11 is 16.6. The quantitative estimate of drug-likeness (QED) is 0.778. The first kappa shape index (κ1) is 14.3. The summed E-state index contributed by atoms with van der Waals surface area (Å²) in [5.41, 5.74) is 1.81. The van der Waals surface area contributed by atoms with E-state index in [1.54, 1.807) is 12.1 Å². The third-order valence-electron chi connectivity index (χ3n) is 2.56. The monoisotopic (exact) mass is 367 g/mol. The van der Waals surface area contributed by atoms with E-state index in [-0.39, 0.29) is 11.9 Å². The molecule has 96 valence electrons. The van der Waals surface area contributed by atoms with Crippen LogP contribution in [0.5, 0.6) is 0 Å². The van der Waals surface area contributed by atoms with Crippen LogP contribution in [0.1, 0.15) is 17.2 Å². The first-order valence-electron chi connectivity index (χ1n) is 5.10. The number of hydrogen-bond donors (Lipinski definition) is 1. The molecule has 0 bridgehead atoms. The van der Waals surface area contributed by atoms with E-state index in [1.807, 2.05) is 13.1 Å². The molecular weight excluding hydrogens is 360 g/mol. The van der Waals surface area contributed by atoms with Crippen LogP contribution in [0, 0.1) is 5.82 Å². The first-order chi connectivity index (χ1) is 8.52. The largest absolute Gasteiger partial charge is 0.309 e. The van der Waals surface area contributed by atoms with Gasteiger partial charge in [-0.25, -0.2) is 4.39 Å². The summed E-state index contributed by atoms with van der Waals surface area (Å²) in [4.78, 5) is 0. The van der Waals surface area contributed by atoms with Crippen LogP contribution >= 0.6 is 50.5 Å². The SMILES string of the molecule is CNC(c1ccc(F)c(Br)c1)c1cc(Cl)sc1Cl. The molecule has 0 fully saturated rings. The molecule has 18 heavy (non-hydrogen) atoms. The Balaban J connectivity index is 2.45. The highest BCUT2D eigenvalue weighted by atomic mass is 79.9. The van der Waals surface area contributed by atoms with Crippen molar-refractivity contribution in [3.05, 3.63) is 54.4 Å². The van der Waals surface area contributed by atoms with E-state index in [2.05, 4.69) is 21.2 Å². The second-order valence-electron chi connectivity index (χ2n) is 3.67. The molecule has 1 N–H and O–H groups in total. The van der Waals surface area contributed by atoms with E-state index in [0.717, 1.165) is 11.1 Å². The molecule has 0 spiro atoms. The third-order valence-corrected chi connectivity index (χ3v) is 4.69. The van der Waals surface area contributed by atoms with Crippen LogP contribution in [0.15, 0.2) is 28.7 Å². The second-order valence-corrected chi connectivity index (χ2v) is 6.81. The van der Waals surface area contributed by atoms with Crippen LogP contribution in [0.2, 0.25) is 8.67 Å². The summed E-state index contributed by atoms with van der Waals surface area (Å²) in [5.74, 6) is -0.289. The van der Waals surface area contributed by atoms with Gasteiger partial charge in [0.05, 0.1) is 19.2 Å². The lowest BCUT2D eigenvalue weighted by Crippen LogP contribution is -2.17. The predicted molar refractivity (Wildman–Crippen MR) is 79.3 cm³/mol. The Morgan fingerprint density at radius 1 is 1.33 bits per heavy atom. The van der Waals surface area contributed by atoms with Gasteiger partial charge in [-0.15, -0.1) is 11.3 Å². The summed E-state index contributed by atoms with van der Waals surface area (Å²) in [6.07, 6.45) is 0. The second kappa shape index (κ2) is 5.88. The van der Waals surface area contributed by atoms with E-state index in [9.17, 15) is 4.39 Å². The topological polar surface area (TPSA) is 12.0 Å². The fourth-order valence-electron chi connectivity index (χ4n) is 1.74. The van der Waals surface area contributed by atoms with Crippen LogP contribution in [0.25, 0.3) is 0 Å². The number of nitrogens with one attached hydrogen (secondary N) is 1. The molecule has 0 amide bonds. The Hall–Kier alpha value is -0.130. The van der Waals surface area contributed by atoms with Crippen molar-refractivity contribution < 1.29 is 4.39 Å². The van der Waals surface area contributed by atoms with Crippen molar-refractivity contribution >= 4 is 50.5 Å². The molecule has 0 aliphatic rings. The Morgan fingerprint density at radius 2 is 2.06 bits per heavy atom. The molecule has 0 saturated carbocycles. The van der Waals surface area contributed by atoms with E-state index in [4.69, 9.17) is 23.2 Å². The smallest absolute Gasteiger partial charge is 0.137 e. The highest BCUT2D eigenvalue weighted by Crippen LogP contribution is 2.37. The highest BCUT2D eigenvalue weighted by Gasteiger charge is 2.18. The Bertz CT molecular complexity index is 573. The van der Waals surface area contributed by atoms with Gasteiger partial charge < -0.3 is 5.32 Å². The zero-order valence-electron chi connectivity index (χ0n) is 9.31. The Morgan fingerprint density at radius 3 is 2.56 bits per heavy atom. The molecule has 0 aliphatic carbocycles. The van der Waals surface area contributed by atoms with Crippen LogP contribution in [0.4, 0.5) is 4.39 Å². The first-order valence-corrected chi connectivity index (χ1v) is 7.46. The summed E-state index contributed by atoms with van der Waals surface area (Å²) < 4.78 is 14.9. The molecule has 1 aromatic carbocycles. The fourth-order valence-corrected chi connectivity index (χ4v) is 3.67. The Labute approximate surface area is 127 Å². The summed E-state index contributed by atoms with van der Waals surface area (Å²) in [6, 6.07) is 6.60. The minimum atomic E-state index is -0.289. The molecule has 1 nitrogen and oxygen atoms in total. The minimum absolute atomic E-state index is 0.113. The number of halogens is 4. The summed E-state index contributed by atoms with van der Waals surface area (Å²) in [6.45, 7) is 0. The average Bonchev–Trinajstić information content (AvgIpc) is 2.64. The van der Waals surface area contributed by atoms with Crippen LogP contribution in [0.3, 0.4) is 0 Å².